The summed E-state index contributed by atoms with van der Waals surface area (Å²) in [5.74, 6) is 1.27. The van der Waals surface area contributed by atoms with Crippen molar-refractivity contribution in [3.63, 3.8) is 0 Å². The lowest BCUT2D eigenvalue weighted by Crippen LogP contribution is -2.39. The van der Waals surface area contributed by atoms with Crippen molar-refractivity contribution < 1.29 is 4.79 Å². The van der Waals surface area contributed by atoms with Gasteiger partial charge in [-0.1, -0.05) is 12.1 Å². The van der Waals surface area contributed by atoms with Crippen molar-refractivity contribution in [1.82, 2.24) is 10.4 Å². The molecule has 0 saturated carbocycles. The van der Waals surface area contributed by atoms with Crippen molar-refractivity contribution in [2.45, 2.75) is 18.8 Å². The molecule has 2 aromatic rings. The van der Waals surface area contributed by atoms with Crippen molar-refractivity contribution in [3.8, 4) is 11.1 Å². The summed E-state index contributed by atoms with van der Waals surface area (Å²) in [6, 6.07) is 8.36. The Bertz CT molecular complexity index is 660. The molecular weight excluding hydrogens is 292 g/mol. The summed E-state index contributed by atoms with van der Waals surface area (Å²) in [5, 5.41) is 6.65. The Morgan fingerprint density at radius 2 is 2.09 bits per heavy atom. The zero-order valence-corrected chi connectivity index (χ0v) is 13.3. The molecule has 114 valence electrons. The van der Waals surface area contributed by atoms with Gasteiger partial charge in [-0.2, -0.15) is 11.3 Å². The van der Waals surface area contributed by atoms with Crippen LogP contribution in [0.4, 0.5) is 0 Å². The second kappa shape index (κ2) is 5.95. The molecule has 0 amide bonds. The summed E-state index contributed by atoms with van der Waals surface area (Å²) in [6.07, 6.45) is 3.47. The summed E-state index contributed by atoms with van der Waals surface area (Å²) in [7, 11) is 0. The third-order valence-electron chi connectivity index (χ3n) is 5.09. The molecule has 1 aromatic heterocycles. The second-order valence-electron chi connectivity index (χ2n) is 6.27. The number of nitrogens with zero attached hydrogens (tertiary/aromatic N) is 1. The van der Waals surface area contributed by atoms with Gasteiger partial charge in [0.15, 0.2) is 0 Å². The highest BCUT2D eigenvalue weighted by Crippen LogP contribution is 2.39. The van der Waals surface area contributed by atoms with Crippen LogP contribution in [0.15, 0.2) is 35.0 Å². The smallest absolute Gasteiger partial charge is 0.150 e. The van der Waals surface area contributed by atoms with Gasteiger partial charge in [-0.3, -0.25) is 10.2 Å². The minimum absolute atomic E-state index is 0.531. The van der Waals surface area contributed by atoms with Crippen molar-refractivity contribution in [1.29, 1.82) is 0 Å². The molecule has 3 saturated heterocycles. The standard InChI is InChI=1S/C18H20N2OS/c21-11-13-1-2-16(17(9-13)15-5-8-22-12-15)18-10-19-20-6-3-14(18)4-7-20/h1-2,5,8-9,11-12,14,18-19H,3-4,6-7,10H2. The Morgan fingerprint density at radius 3 is 2.82 bits per heavy atom. The number of hydrogen-bond acceptors (Lipinski definition) is 4. The molecule has 4 heteroatoms. The van der Waals surface area contributed by atoms with E-state index in [-0.39, 0.29) is 0 Å². The van der Waals surface area contributed by atoms with Gasteiger partial charge in [-0.15, -0.1) is 0 Å². The van der Waals surface area contributed by atoms with E-state index < -0.39 is 0 Å². The van der Waals surface area contributed by atoms with Crippen molar-refractivity contribution in [2.75, 3.05) is 19.6 Å². The third kappa shape index (κ3) is 2.51. The minimum Gasteiger partial charge on any atom is -0.298 e. The van der Waals surface area contributed by atoms with E-state index >= 15 is 0 Å². The number of hydrogen-bond donors (Lipinski definition) is 1. The number of benzene rings is 1. The van der Waals surface area contributed by atoms with Crippen molar-refractivity contribution in [3.05, 3.63) is 46.2 Å². The van der Waals surface area contributed by atoms with E-state index in [1.807, 2.05) is 6.07 Å². The minimum atomic E-state index is 0.531. The first-order chi connectivity index (χ1) is 10.8. The molecule has 4 heterocycles. The van der Waals surface area contributed by atoms with E-state index in [2.05, 4.69) is 39.4 Å². The lowest BCUT2D eigenvalue weighted by molar-refractivity contribution is 0.112. The summed E-state index contributed by atoms with van der Waals surface area (Å²) in [5.41, 5.74) is 8.22. The number of carbonyl (C=O) groups is 1. The van der Waals surface area contributed by atoms with Crippen LogP contribution >= 0.6 is 11.3 Å². The first-order valence-corrected chi connectivity index (χ1v) is 8.89. The highest BCUT2D eigenvalue weighted by Gasteiger charge is 2.33. The molecule has 1 aromatic carbocycles. The molecule has 5 rings (SSSR count). The molecule has 0 aliphatic carbocycles. The lowest BCUT2D eigenvalue weighted by Gasteiger charge is -2.29. The Kier molecular flexibility index (Phi) is 3.82. The van der Waals surface area contributed by atoms with Gasteiger partial charge >= 0.3 is 0 Å². The fourth-order valence-electron chi connectivity index (χ4n) is 3.86. The molecule has 1 atom stereocenters. The largest absolute Gasteiger partial charge is 0.298 e. The quantitative estimate of drug-likeness (QED) is 0.880. The Hall–Kier alpha value is -1.49. The summed E-state index contributed by atoms with van der Waals surface area (Å²) in [6.45, 7) is 3.31. The number of carbonyl (C=O) groups excluding carboxylic acids is 1. The fraction of sp³-hybridized carbons (Fsp3) is 0.389. The second-order valence-corrected chi connectivity index (χ2v) is 7.05. The number of piperidine rings is 1. The van der Waals surface area contributed by atoms with E-state index in [4.69, 9.17) is 0 Å². The van der Waals surface area contributed by atoms with Gasteiger partial charge in [-0.05, 0) is 58.3 Å². The van der Waals surface area contributed by atoms with Crippen LogP contribution in [0.3, 0.4) is 0 Å². The van der Waals surface area contributed by atoms with Gasteiger partial charge in [0.05, 0.1) is 0 Å². The van der Waals surface area contributed by atoms with Crippen LogP contribution in [-0.4, -0.2) is 30.9 Å². The van der Waals surface area contributed by atoms with E-state index in [1.54, 1.807) is 11.3 Å². The molecule has 3 nitrogen and oxygen atoms in total. The number of rotatable bonds is 3. The van der Waals surface area contributed by atoms with Gasteiger partial charge in [0.1, 0.15) is 6.29 Å². The van der Waals surface area contributed by atoms with Crippen molar-refractivity contribution >= 4 is 17.6 Å². The maximum absolute atomic E-state index is 11.2. The zero-order valence-electron chi connectivity index (χ0n) is 12.5. The molecular formula is C18H20N2OS. The summed E-state index contributed by atoms with van der Waals surface area (Å²) in [4.78, 5) is 11.2. The molecule has 0 spiro atoms. The maximum atomic E-state index is 11.2. The topological polar surface area (TPSA) is 32.3 Å². The Morgan fingerprint density at radius 1 is 1.23 bits per heavy atom. The number of fused-ring (bicyclic) bond motifs is 4. The van der Waals surface area contributed by atoms with E-state index in [9.17, 15) is 4.79 Å². The monoisotopic (exact) mass is 312 g/mol. The summed E-state index contributed by atoms with van der Waals surface area (Å²) >= 11 is 1.71. The number of aldehydes is 1. The van der Waals surface area contributed by atoms with Crippen LogP contribution in [0.1, 0.15) is 34.7 Å². The van der Waals surface area contributed by atoms with Gasteiger partial charge in [0.25, 0.3) is 0 Å². The van der Waals surface area contributed by atoms with Crippen LogP contribution in [0.2, 0.25) is 0 Å². The van der Waals surface area contributed by atoms with Crippen LogP contribution < -0.4 is 5.43 Å². The van der Waals surface area contributed by atoms with E-state index in [0.717, 1.165) is 37.4 Å². The molecule has 1 unspecified atom stereocenters. The first-order valence-electron chi connectivity index (χ1n) is 7.95. The normalized spacial score (nSPS) is 27.5. The van der Waals surface area contributed by atoms with Crippen molar-refractivity contribution in [2.24, 2.45) is 5.92 Å². The lowest BCUT2D eigenvalue weighted by atomic mass is 9.78. The molecule has 2 bridgehead atoms. The zero-order chi connectivity index (χ0) is 14.9. The molecule has 3 fully saturated rings. The van der Waals surface area contributed by atoms with Gasteiger partial charge in [0.2, 0.25) is 0 Å². The predicted octanol–water partition coefficient (Wildman–Crippen LogP) is 3.54. The Labute approximate surface area is 134 Å². The third-order valence-corrected chi connectivity index (χ3v) is 5.77. The molecule has 3 aliphatic heterocycles. The Balaban J connectivity index is 1.79. The maximum Gasteiger partial charge on any atom is 0.150 e. The van der Waals surface area contributed by atoms with Crippen LogP contribution in [0, 0.1) is 5.92 Å². The average Bonchev–Trinajstić information content (AvgIpc) is 2.95. The first kappa shape index (κ1) is 14.1. The molecule has 3 aliphatic rings. The van der Waals surface area contributed by atoms with Crippen LogP contribution in [0.5, 0.6) is 0 Å². The van der Waals surface area contributed by atoms with Gasteiger partial charge in [-0.25, -0.2) is 5.01 Å². The molecule has 22 heavy (non-hydrogen) atoms. The van der Waals surface area contributed by atoms with Crippen LogP contribution in [0.25, 0.3) is 11.1 Å². The number of thiophene rings is 1. The van der Waals surface area contributed by atoms with Gasteiger partial charge < -0.3 is 0 Å². The van der Waals surface area contributed by atoms with E-state index in [1.165, 1.54) is 29.5 Å². The van der Waals surface area contributed by atoms with E-state index in [0.29, 0.717) is 5.92 Å². The highest BCUT2D eigenvalue weighted by molar-refractivity contribution is 7.08. The fourth-order valence-corrected chi connectivity index (χ4v) is 4.51. The molecule has 0 radical (unpaired) electrons. The average molecular weight is 312 g/mol. The predicted molar refractivity (Wildman–Crippen MR) is 90.2 cm³/mol. The SMILES string of the molecule is O=Cc1ccc(C2CNN3CCC2CC3)c(-c2ccsc2)c1. The van der Waals surface area contributed by atoms with Gasteiger partial charge in [0, 0.05) is 31.1 Å². The van der Waals surface area contributed by atoms with Crippen LogP contribution in [-0.2, 0) is 0 Å². The molecule has 1 N–H and O–H groups in total. The number of nitrogens with one attached hydrogen (secondary N) is 1. The summed E-state index contributed by atoms with van der Waals surface area (Å²) < 4.78 is 0. The number of hydrazine groups is 1. The highest BCUT2D eigenvalue weighted by atomic mass is 32.1.